The summed E-state index contributed by atoms with van der Waals surface area (Å²) in [5.41, 5.74) is 1.54. The zero-order valence-corrected chi connectivity index (χ0v) is 13.4. The number of benzene rings is 2. The number of rotatable bonds is 4. The van der Waals surface area contributed by atoms with E-state index in [1.54, 1.807) is 36.4 Å². The van der Waals surface area contributed by atoms with Crippen LogP contribution in [0.5, 0.6) is 0 Å². The van der Waals surface area contributed by atoms with Crippen molar-refractivity contribution in [2.24, 2.45) is 0 Å². The van der Waals surface area contributed by atoms with E-state index in [-0.39, 0.29) is 18.2 Å². The van der Waals surface area contributed by atoms with Gasteiger partial charge in [-0.3, -0.25) is 9.59 Å². The van der Waals surface area contributed by atoms with Gasteiger partial charge in [0.15, 0.2) is 0 Å². The molecule has 114 valence electrons. The highest BCUT2D eigenvalue weighted by molar-refractivity contribution is 9.10. The lowest BCUT2D eigenvalue weighted by Gasteiger charge is -2.08. The van der Waals surface area contributed by atoms with Crippen LogP contribution in [0.25, 0.3) is 0 Å². The molecule has 0 atom stereocenters. The molecule has 0 saturated carbocycles. The summed E-state index contributed by atoms with van der Waals surface area (Å²) < 4.78 is 14.3. The van der Waals surface area contributed by atoms with Gasteiger partial charge in [-0.15, -0.1) is 0 Å². The molecule has 2 rings (SSSR count). The second-order valence-electron chi connectivity index (χ2n) is 4.72. The molecule has 0 bridgehead atoms. The zero-order valence-electron chi connectivity index (χ0n) is 11.8. The highest BCUT2D eigenvalue weighted by Gasteiger charge is 2.09. The van der Waals surface area contributed by atoms with Crippen LogP contribution >= 0.6 is 15.9 Å². The molecule has 0 radical (unpaired) electrons. The van der Waals surface area contributed by atoms with Gasteiger partial charge in [0.1, 0.15) is 5.82 Å². The Labute approximate surface area is 135 Å². The van der Waals surface area contributed by atoms with Crippen LogP contribution in [0.15, 0.2) is 46.9 Å². The maximum atomic E-state index is 13.6. The number of hydrogen-bond acceptors (Lipinski definition) is 2. The van der Waals surface area contributed by atoms with Crippen LogP contribution in [0, 0.1) is 5.82 Å². The van der Waals surface area contributed by atoms with Gasteiger partial charge in [-0.25, -0.2) is 4.39 Å². The van der Waals surface area contributed by atoms with Gasteiger partial charge in [-0.05, 0) is 48.0 Å². The summed E-state index contributed by atoms with van der Waals surface area (Å²) in [6, 6.07) is 11.2. The predicted molar refractivity (Wildman–Crippen MR) is 87.2 cm³/mol. The van der Waals surface area contributed by atoms with E-state index >= 15 is 0 Å². The molecule has 4 nitrogen and oxygen atoms in total. The van der Waals surface area contributed by atoms with Gasteiger partial charge in [-0.1, -0.05) is 15.9 Å². The second kappa shape index (κ2) is 7.17. The first-order chi connectivity index (χ1) is 10.4. The van der Waals surface area contributed by atoms with Crippen molar-refractivity contribution < 1.29 is 14.0 Å². The van der Waals surface area contributed by atoms with Gasteiger partial charge < -0.3 is 10.6 Å². The van der Waals surface area contributed by atoms with Crippen molar-refractivity contribution in [3.8, 4) is 0 Å². The molecule has 0 fully saturated rings. The maximum absolute atomic E-state index is 13.6. The third-order valence-corrected chi connectivity index (χ3v) is 3.34. The Balaban J connectivity index is 1.99. The van der Waals surface area contributed by atoms with Gasteiger partial charge in [0.05, 0.1) is 6.42 Å². The van der Waals surface area contributed by atoms with Crippen LogP contribution in [0.2, 0.25) is 0 Å². The molecule has 0 heterocycles. The fourth-order valence-corrected chi connectivity index (χ4v) is 2.31. The highest BCUT2D eigenvalue weighted by Crippen LogP contribution is 2.17. The van der Waals surface area contributed by atoms with Crippen LogP contribution in [0.4, 0.5) is 15.8 Å². The highest BCUT2D eigenvalue weighted by atomic mass is 79.9. The summed E-state index contributed by atoms with van der Waals surface area (Å²) >= 11 is 3.25. The molecule has 6 heteroatoms. The topological polar surface area (TPSA) is 58.2 Å². The number of anilines is 2. The van der Waals surface area contributed by atoms with E-state index in [1.807, 2.05) is 0 Å². The average molecular weight is 365 g/mol. The molecule has 2 amide bonds. The Hall–Kier alpha value is -2.21. The predicted octanol–water partition coefficient (Wildman–Crippen LogP) is 3.73. The fraction of sp³-hybridized carbons (Fsp3) is 0.125. The first-order valence-corrected chi connectivity index (χ1v) is 7.35. The number of carbonyl (C=O) groups is 2. The normalized spacial score (nSPS) is 10.1. The number of nitrogens with one attached hydrogen (secondary N) is 2. The van der Waals surface area contributed by atoms with Crippen molar-refractivity contribution in [3.05, 3.63) is 58.3 Å². The second-order valence-corrected chi connectivity index (χ2v) is 5.63. The Morgan fingerprint density at radius 2 is 1.64 bits per heavy atom. The SMILES string of the molecule is CC(=O)Nc1ccc(NC(=O)Cc2cc(Br)ccc2F)cc1. The summed E-state index contributed by atoms with van der Waals surface area (Å²) in [4.78, 5) is 22.9. The van der Waals surface area contributed by atoms with E-state index in [0.717, 1.165) is 4.47 Å². The van der Waals surface area contributed by atoms with Gasteiger partial charge >= 0.3 is 0 Å². The Bertz CT molecular complexity index is 702. The summed E-state index contributed by atoms with van der Waals surface area (Å²) in [5.74, 6) is -0.898. The van der Waals surface area contributed by atoms with Crippen molar-refractivity contribution in [2.75, 3.05) is 10.6 Å². The van der Waals surface area contributed by atoms with E-state index in [2.05, 4.69) is 26.6 Å². The largest absolute Gasteiger partial charge is 0.326 e. The minimum atomic E-state index is -0.417. The zero-order chi connectivity index (χ0) is 16.1. The molecule has 0 spiro atoms. The van der Waals surface area contributed by atoms with Crippen molar-refractivity contribution in [1.82, 2.24) is 0 Å². The quantitative estimate of drug-likeness (QED) is 0.868. The molecule has 0 aliphatic heterocycles. The lowest BCUT2D eigenvalue weighted by atomic mass is 10.1. The first kappa shape index (κ1) is 16.2. The van der Waals surface area contributed by atoms with Crippen molar-refractivity contribution in [1.29, 1.82) is 0 Å². The monoisotopic (exact) mass is 364 g/mol. The Morgan fingerprint density at radius 3 is 2.23 bits per heavy atom. The minimum Gasteiger partial charge on any atom is -0.326 e. The third-order valence-electron chi connectivity index (χ3n) is 2.85. The molecule has 0 unspecified atom stereocenters. The minimum absolute atomic E-state index is 0.0568. The number of halogens is 2. The smallest absolute Gasteiger partial charge is 0.228 e. The van der Waals surface area contributed by atoms with Crippen molar-refractivity contribution in [2.45, 2.75) is 13.3 Å². The first-order valence-electron chi connectivity index (χ1n) is 6.55. The van der Waals surface area contributed by atoms with E-state index < -0.39 is 5.82 Å². The van der Waals surface area contributed by atoms with Crippen molar-refractivity contribution in [3.63, 3.8) is 0 Å². The van der Waals surface area contributed by atoms with Gasteiger partial charge in [0.2, 0.25) is 11.8 Å². The summed E-state index contributed by atoms with van der Waals surface area (Å²) in [7, 11) is 0. The molecule has 22 heavy (non-hydrogen) atoms. The summed E-state index contributed by atoms with van der Waals surface area (Å²) in [6.07, 6.45) is -0.0568. The molecule has 0 saturated heterocycles. The van der Waals surface area contributed by atoms with Crippen LogP contribution < -0.4 is 10.6 Å². The van der Waals surface area contributed by atoms with E-state index in [4.69, 9.17) is 0 Å². The average Bonchev–Trinajstić information content (AvgIpc) is 2.44. The third kappa shape index (κ3) is 4.66. The summed E-state index contributed by atoms with van der Waals surface area (Å²) in [6.45, 7) is 1.42. The molecule has 2 aromatic rings. The molecular formula is C16H14BrFN2O2. The molecule has 2 N–H and O–H groups in total. The van der Waals surface area contributed by atoms with E-state index in [9.17, 15) is 14.0 Å². The number of amides is 2. The number of carbonyl (C=O) groups excluding carboxylic acids is 2. The molecule has 0 aromatic heterocycles. The lowest BCUT2D eigenvalue weighted by Crippen LogP contribution is -2.15. The molecule has 0 aliphatic rings. The lowest BCUT2D eigenvalue weighted by molar-refractivity contribution is -0.116. The molecular weight excluding hydrogens is 351 g/mol. The van der Waals surface area contributed by atoms with Gasteiger partial charge in [0, 0.05) is 22.8 Å². The van der Waals surface area contributed by atoms with Crippen molar-refractivity contribution >= 4 is 39.1 Å². The molecule has 0 aliphatic carbocycles. The van der Waals surface area contributed by atoms with Crippen LogP contribution in [-0.4, -0.2) is 11.8 Å². The standard InChI is InChI=1S/C16H14BrFN2O2/c1-10(21)19-13-3-5-14(6-4-13)20-16(22)9-11-8-12(17)2-7-15(11)18/h2-8H,9H2,1H3,(H,19,21)(H,20,22). The van der Waals surface area contributed by atoms with E-state index in [0.29, 0.717) is 16.9 Å². The van der Waals surface area contributed by atoms with Crippen LogP contribution in [0.1, 0.15) is 12.5 Å². The summed E-state index contributed by atoms with van der Waals surface area (Å²) in [5, 5.41) is 5.32. The Kier molecular flexibility index (Phi) is 5.27. The van der Waals surface area contributed by atoms with Gasteiger partial charge in [0.25, 0.3) is 0 Å². The van der Waals surface area contributed by atoms with Crippen LogP contribution in [-0.2, 0) is 16.0 Å². The number of hydrogen-bond donors (Lipinski definition) is 2. The van der Waals surface area contributed by atoms with E-state index in [1.165, 1.54) is 13.0 Å². The van der Waals surface area contributed by atoms with Gasteiger partial charge in [-0.2, -0.15) is 0 Å². The maximum Gasteiger partial charge on any atom is 0.228 e. The van der Waals surface area contributed by atoms with Crippen LogP contribution in [0.3, 0.4) is 0 Å². The molecule has 2 aromatic carbocycles. The fourth-order valence-electron chi connectivity index (χ4n) is 1.90. The Morgan fingerprint density at radius 1 is 1.05 bits per heavy atom.